The van der Waals surface area contributed by atoms with Gasteiger partial charge in [0.05, 0.1) is 12.7 Å². The van der Waals surface area contributed by atoms with Crippen LogP contribution in [0.3, 0.4) is 0 Å². The van der Waals surface area contributed by atoms with Gasteiger partial charge in [-0.15, -0.1) is 0 Å². The quantitative estimate of drug-likeness (QED) is 0.868. The zero-order valence-corrected chi connectivity index (χ0v) is 13.8. The number of sulfonamides is 1. The topological polar surface area (TPSA) is 64.6 Å². The number of ether oxygens (including phenoxy) is 2. The Balaban J connectivity index is 2.22. The predicted octanol–water partition coefficient (Wildman–Crippen LogP) is 2.50. The average Bonchev–Trinajstić information content (AvgIpc) is 2.94. The summed E-state index contributed by atoms with van der Waals surface area (Å²) in [7, 11) is -3.68. The molecule has 0 unspecified atom stereocenters. The summed E-state index contributed by atoms with van der Waals surface area (Å²) in [6, 6.07) is 3.08. The highest BCUT2D eigenvalue weighted by Crippen LogP contribution is 2.30. The van der Waals surface area contributed by atoms with Crippen molar-refractivity contribution in [3.63, 3.8) is 0 Å². The molecule has 0 aliphatic carbocycles. The van der Waals surface area contributed by atoms with Crippen molar-refractivity contribution in [1.29, 1.82) is 0 Å². The molecule has 0 bridgehead atoms. The maximum Gasteiger partial charge on any atom is 0.244 e. The second kappa shape index (κ2) is 6.96. The van der Waals surface area contributed by atoms with Crippen molar-refractivity contribution in [3.05, 3.63) is 22.7 Å². The van der Waals surface area contributed by atoms with Crippen LogP contribution >= 0.6 is 11.6 Å². The third-order valence-electron chi connectivity index (χ3n) is 3.34. The molecular weight excluding hydrogens is 314 g/mol. The van der Waals surface area contributed by atoms with E-state index in [1.807, 2.05) is 0 Å². The van der Waals surface area contributed by atoms with E-state index in [1.165, 1.54) is 6.07 Å². The smallest absolute Gasteiger partial charge is 0.244 e. The van der Waals surface area contributed by atoms with Gasteiger partial charge in [-0.1, -0.05) is 11.6 Å². The fraction of sp³-hybridized carbons (Fsp3) is 0.571. The van der Waals surface area contributed by atoms with Crippen LogP contribution in [-0.4, -0.2) is 34.3 Å². The van der Waals surface area contributed by atoms with Gasteiger partial charge in [-0.05, 0) is 44.4 Å². The Morgan fingerprint density at radius 3 is 2.86 bits per heavy atom. The second-order valence-electron chi connectivity index (χ2n) is 4.97. The Morgan fingerprint density at radius 2 is 2.24 bits per heavy atom. The Morgan fingerprint density at radius 1 is 1.48 bits per heavy atom. The number of rotatable bonds is 6. The van der Waals surface area contributed by atoms with E-state index in [4.69, 9.17) is 21.1 Å². The van der Waals surface area contributed by atoms with Crippen molar-refractivity contribution in [2.75, 3.05) is 19.8 Å². The third-order valence-corrected chi connectivity index (χ3v) is 5.19. The molecule has 0 saturated carbocycles. The number of benzene rings is 1. The van der Waals surface area contributed by atoms with Crippen LogP contribution in [0, 0.1) is 6.92 Å². The highest BCUT2D eigenvalue weighted by atomic mass is 35.5. The first-order valence-corrected chi connectivity index (χ1v) is 8.84. The van der Waals surface area contributed by atoms with Crippen LogP contribution in [0.2, 0.25) is 5.02 Å². The number of halogens is 1. The largest absolute Gasteiger partial charge is 0.492 e. The van der Waals surface area contributed by atoms with Crippen LogP contribution < -0.4 is 9.46 Å². The maximum atomic E-state index is 12.4. The monoisotopic (exact) mass is 333 g/mol. The molecule has 0 spiro atoms. The lowest BCUT2D eigenvalue weighted by Gasteiger charge is -2.15. The molecule has 1 aromatic rings. The molecule has 1 N–H and O–H groups in total. The third kappa shape index (κ3) is 4.10. The van der Waals surface area contributed by atoms with Crippen LogP contribution in [0.15, 0.2) is 17.0 Å². The van der Waals surface area contributed by atoms with Crippen molar-refractivity contribution in [3.8, 4) is 5.75 Å². The molecule has 7 heteroatoms. The minimum absolute atomic E-state index is 0.0590. The molecule has 2 rings (SSSR count). The molecule has 118 valence electrons. The molecule has 1 aliphatic heterocycles. The molecular formula is C14H20ClNO4S. The molecule has 1 aromatic carbocycles. The standard InChI is InChI=1S/C14H20ClNO4S/c1-3-19-13-7-10(2)12(15)8-14(13)21(17,18)16-9-11-5-4-6-20-11/h7-8,11,16H,3-6,9H2,1-2H3/t11-/m0/s1. The first-order valence-electron chi connectivity index (χ1n) is 6.98. The first kappa shape index (κ1) is 16.5. The normalized spacial score (nSPS) is 18.9. The lowest BCUT2D eigenvalue weighted by molar-refractivity contribution is 0.114. The molecule has 1 fully saturated rings. The van der Waals surface area contributed by atoms with Gasteiger partial charge in [-0.25, -0.2) is 13.1 Å². The van der Waals surface area contributed by atoms with Crippen molar-refractivity contribution >= 4 is 21.6 Å². The van der Waals surface area contributed by atoms with E-state index in [9.17, 15) is 8.42 Å². The lowest BCUT2D eigenvalue weighted by Crippen LogP contribution is -2.32. The van der Waals surface area contributed by atoms with E-state index in [0.717, 1.165) is 18.4 Å². The van der Waals surface area contributed by atoms with Crippen molar-refractivity contribution in [2.24, 2.45) is 0 Å². The van der Waals surface area contributed by atoms with E-state index in [2.05, 4.69) is 4.72 Å². The molecule has 21 heavy (non-hydrogen) atoms. The minimum atomic E-state index is -3.68. The van der Waals surface area contributed by atoms with Gasteiger partial charge in [0.25, 0.3) is 0 Å². The average molecular weight is 334 g/mol. The highest BCUT2D eigenvalue weighted by molar-refractivity contribution is 7.89. The summed E-state index contributed by atoms with van der Waals surface area (Å²) >= 11 is 6.05. The Bertz CT molecular complexity index is 597. The highest BCUT2D eigenvalue weighted by Gasteiger charge is 2.24. The van der Waals surface area contributed by atoms with Crippen molar-refractivity contribution in [2.45, 2.75) is 37.7 Å². The predicted molar refractivity (Wildman–Crippen MR) is 81.5 cm³/mol. The summed E-state index contributed by atoms with van der Waals surface area (Å²) in [5.74, 6) is 0.319. The van der Waals surface area contributed by atoms with Crippen LogP contribution in [0.5, 0.6) is 5.75 Å². The van der Waals surface area contributed by atoms with Crippen LogP contribution in [0.4, 0.5) is 0 Å². The van der Waals surface area contributed by atoms with Crippen LogP contribution in [0.25, 0.3) is 0 Å². The second-order valence-corrected chi connectivity index (χ2v) is 7.11. The lowest BCUT2D eigenvalue weighted by atomic mass is 10.2. The Kier molecular flexibility index (Phi) is 5.48. The van der Waals surface area contributed by atoms with Gasteiger partial charge >= 0.3 is 0 Å². The summed E-state index contributed by atoms with van der Waals surface area (Å²) in [5.41, 5.74) is 0.776. The fourth-order valence-electron chi connectivity index (χ4n) is 2.20. The molecule has 1 aliphatic rings. The number of hydrogen-bond acceptors (Lipinski definition) is 4. The maximum absolute atomic E-state index is 12.4. The molecule has 1 atom stereocenters. The summed E-state index contributed by atoms with van der Waals surface area (Å²) in [4.78, 5) is 0.0675. The van der Waals surface area contributed by atoms with Gasteiger partial charge in [0.15, 0.2) is 0 Å². The molecule has 0 radical (unpaired) electrons. The molecule has 0 amide bonds. The van der Waals surface area contributed by atoms with Gasteiger partial charge in [0.1, 0.15) is 10.6 Å². The van der Waals surface area contributed by atoms with Gasteiger partial charge < -0.3 is 9.47 Å². The van der Waals surface area contributed by atoms with Gasteiger partial charge in [-0.2, -0.15) is 0 Å². The van der Waals surface area contributed by atoms with Crippen LogP contribution in [-0.2, 0) is 14.8 Å². The minimum Gasteiger partial charge on any atom is -0.492 e. The molecule has 1 saturated heterocycles. The van der Waals surface area contributed by atoms with E-state index in [1.54, 1.807) is 19.9 Å². The number of hydrogen-bond donors (Lipinski definition) is 1. The van der Waals surface area contributed by atoms with E-state index in [-0.39, 0.29) is 17.5 Å². The van der Waals surface area contributed by atoms with Gasteiger partial charge in [0, 0.05) is 18.2 Å². The number of aryl methyl sites for hydroxylation is 1. The zero-order valence-electron chi connectivity index (χ0n) is 12.2. The summed E-state index contributed by atoms with van der Waals surface area (Å²) < 4.78 is 38.3. The molecule has 5 nitrogen and oxygen atoms in total. The Labute approximate surface area is 130 Å². The Hall–Kier alpha value is -0.820. The summed E-state index contributed by atoms with van der Waals surface area (Å²) in [6.07, 6.45) is 1.78. The van der Waals surface area contributed by atoms with E-state index >= 15 is 0 Å². The number of nitrogens with one attached hydrogen (secondary N) is 1. The summed E-state index contributed by atoms with van der Waals surface area (Å²) in [5, 5.41) is 0.399. The zero-order chi connectivity index (χ0) is 15.5. The van der Waals surface area contributed by atoms with Crippen molar-refractivity contribution < 1.29 is 17.9 Å². The molecule has 0 aromatic heterocycles. The fourth-order valence-corrected chi connectivity index (χ4v) is 3.65. The summed E-state index contributed by atoms with van der Waals surface area (Å²) in [6.45, 7) is 4.95. The van der Waals surface area contributed by atoms with E-state index < -0.39 is 10.0 Å². The molecule has 1 heterocycles. The van der Waals surface area contributed by atoms with Crippen LogP contribution in [0.1, 0.15) is 25.3 Å². The van der Waals surface area contributed by atoms with Gasteiger partial charge in [0.2, 0.25) is 10.0 Å². The SMILES string of the molecule is CCOc1cc(C)c(Cl)cc1S(=O)(=O)NC[C@@H]1CCCO1. The van der Waals surface area contributed by atoms with Gasteiger partial charge in [-0.3, -0.25) is 0 Å². The van der Waals surface area contributed by atoms with Crippen molar-refractivity contribution in [1.82, 2.24) is 4.72 Å². The van der Waals surface area contributed by atoms with E-state index in [0.29, 0.717) is 24.0 Å². The first-order chi connectivity index (χ1) is 9.94.